The molecule has 10 aromatic rings. The molecule has 0 unspecified atom stereocenters. The quantitative estimate of drug-likeness (QED) is 0.167. The van der Waals surface area contributed by atoms with Crippen molar-refractivity contribution in [3.8, 4) is 62.7 Å². The van der Waals surface area contributed by atoms with Crippen LogP contribution in [0.15, 0.2) is 207 Å². The van der Waals surface area contributed by atoms with E-state index >= 15 is 0 Å². The Balaban J connectivity index is 1.25. The van der Waals surface area contributed by atoms with Gasteiger partial charge in [-0.05, 0) is 131 Å². The lowest BCUT2D eigenvalue weighted by Gasteiger charge is -2.30. The van der Waals surface area contributed by atoms with Gasteiger partial charge in [0.25, 0.3) is 0 Å². The number of nitrogens with zero attached hydrogens (tertiary/aromatic N) is 6. The predicted octanol–water partition coefficient (Wildman–Crippen LogP) is 13.3. The van der Waals surface area contributed by atoms with Crippen LogP contribution in [-0.4, -0.2) is 14.5 Å². The van der Waals surface area contributed by atoms with E-state index in [1.54, 1.807) is 0 Å². The van der Waals surface area contributed by atoms with Crippen LogP contribution in [0.2, 0.25) is 0 Å². The van der Waals surface area contributed by atoms with E-state index in [9.17, 15) is 10.5 Å². The smallest absolute Gasteiger partial charge is 0.0991 e. The van der Waals surface area contributed by atoms with Crippen LogP contribution in [0.3, 0.4) is 0 Å². The monoisotopic (exact) mass is 802 g/mol. The van der Waals surface area contributed by atoms with Gasteiger partial charge in [0.15, 0.2) is 0 Å². The fourth-order valence-electron chi connectivity index (χ4n) is 10.2. The Morgan fingerprint density at radius 2 is 1.02 bits per heavy atom. The van der Waals surface area contributed by atoms with Crippen molar-refractivity contribution in [3.05, 3.63) is 240 Å². The maximum absolute atomic E-state index is 10.4. The highest BCUT2D eigenvalue weighted by molar-refractivity contribution is 6.06. The highest BCUT2D eigenvalue weighted by atomic mass is 15.1. The average molecular weight is 803 g/mol. The van der Waals surface area contributed by atoms with Gasteiger partial charge in [-0.15, -0.1) is 0 Å². The second-order valence-corrected chi connectivity index (χ2v) is 16.0. The molecular weight excluding hydrogens is 769 g/mol. The van der Waals surface area contributed by atoms with Crippen LogP contribution >= 0.6 is 0 Å². The Hall–Kier alpha value is -8.84. The number of hydrogen-bond donors (Lipinski definition) is 0. The van der Waals surface area contributed by atoms with Crippen LogP contribution in [0.1, 0.15) is 33.4 Å². The van der Waals surface area contributed by atoms with Crippen molar-refractivity contribution in [2.75, 3.05) is 4.90 Å². The third kappa shape index (κ3) is 5.36. The highest BCUT2D eigenvalue weighted by Crippen LogP contribution is 2.65. The summed E-state index contributed by atoms with van der Waals surface area (Å²) in [5.74, 6) is 0. The lowest BCUT2D eigenvalue weighted by atomic mass is 9.69. The van der Waals surface area contributed by atoms with Gasteiger partial charge in [0, 0.05) is 62.8 Å². The van der Waals surface area contributed by atoms with Gasteiger partial charge in [-0.1, -0.05) is 91.0 Å². The number of rotatable bonds is 6. The lowest BCUT2D eigenvalue weighted by molar-refractivity contribution is 0.800. The molecule has 0 aliphatic heterocycles. The molecule has 292 valence electrons. The van der Waals surface area contributed by atoms with E-state index in [1.807, 2.05) is 73.1 Å². The molecule has 7 aromatic carbocycles. The first-order chi connectivity index (χ1) is 31.1. The molecule has 2 aliphatic rings. The zero-order valence-corrected chi connectivity index (χ0v) is 33.8. The minimum atomic E-state index is -0.845. The van der Waals surface area contributed by atoms with E-state index in [0.29, 0.717) is 11.1 Å². The van der Waals surface area contributed by atoms with Gasteiger partial charge in [-0.2, -0.15) is 10.5 Å². The van der Waals surface area contributed by atoms with Crippen LogP contribution in [0.5, 0.6) is 0 Å². The van der Waals surface area contributed by atoms with Crippen LogP contribution in [0.25, 0.3) is 61.5 Å². The summed E-state index contributed by atoms with van der Waals surface area (Å²) in [4.78, 5) is 12.0. The van der Waals surface area contributed by atoms with Crippen LogP contribution in [-0.2, 0) is 5.41 Å². The minimum absolute atomic E-state index is 0.586. The largest absolute Gasteiger partial charge is 0.310 e. The molecule has 0 atom stereocenters. The van der Waals surface area contributed by atoms with Gasteiger partial charge in [-0.3, -0.25) is 9.97 Å². The summed E-state index contributed by atoms with van der Waals surface area (Å²) in [6.45, 7) is 0. The predicted molar refractivity (Wildman–Crippen MR) is 250 cm³/mol. The highest BCUT2D eigenvalue weighted by Gasteiger charge is 2.54. The molecular formula is C57H34N6. The molecule has 6 nitrogen and oxygen atoms in total. The van der Waals surface area contributed by atoms with Crippen molar-refractivity contribution in [2.24, 2.45) is 0 Å². The Kier molecular flexibility index (Phi) is 8.09. The second-order valence-electron chi connectivity index (χ2n) is 16.0. The fraction of sp³-hybridized carbons (Fsp3) is 0.0175. The average Bonchev–Trinajstić information content (AvgIpc) is 3.96. The first kappa shape index (κ1) is 36.0. The normalized spacial score (nSPS) is 12.5. The van der Waals surface area contributed by atoms with E-state index in [2.05, 4.69) is 155 Å². The van der Waals surface area contributed by atoms with E-state index in [-0.39, 0.29) is 0 Å². The zero-order valence-electron chi connectivity index (χ0n) is 33.8. The number of aromatic nitrogens is 3. The van der Waals surface area contributed by atoms with E-state index in [1.165, 1.54) is 0 Å². The molecule has 0 amide bonds. The second kappa shape index (κ2) is 14.1. The van der Waals surface area contributed by atoms with Crippen LogP contribution in [0.4, 0.5) is 17.1 Å². The molecule has 3 aromatic heterocycles. The summed E-state index contributed by atoms with van der Waals surface area (Å²) in [6, 6.07) is 72.1. The SMILES string of the molecule is N#Cc1ccc2c(c1)C1(c3cc(C#N)ccc3-2)c2ccccc2-c2c1c1ccc(N(c3ccccc3)c3ccccc3)cc1n2-c1cc(-c2ccccn2)cc(-c2ccccn2)c1. The van der Waals surface area contributed by atoms with Crippen LogP contribution in [0, 0.1) is 22.7 Å². The van der Waals surface area contributed by atoms with Gasteiger partial charge in [0.2, 0.25) is 0 Å². The number of anilines is 3. The number of fused-ring (bicyclic) bond motifs is 12. The number of para-hydroxylation sites is 2. The van der Waals surface area contributed by atoms with Crippen molar-refractivity contribution in [3.63, 3.8) is 0 Å². The molecule has 0 saturated heterocycles. The summed E-state index contributed by atoms with van der Waals surface area (Å²) in [5.41, 5.74) is 17.5. The van der Waals surface area contributed by atoms with Gasteiger partial charge < -0.3 is 9.47 Å². The molecule has 0 bridgehead atoms. The Bertz CT molecular complexity index is 3370. The summed E-state index contributed by atoms with van der Waals surface area (Å²) in [6.07, 6.45) is 3.67. The number of hydrogen-bond acceptors (Lipinski definition) is 5. The van der Waals surface area contributed by atoms with Crippen molar-refractivity contribution in [1.82, 2.24) is 14.5 Å². The summed E-state index contributed by atoms with van der Waals surface area (Å²) in [7, 11) is 0. The molecule has 63 heavy (non-hydrogen) atoms. The molecule has 0 radical (unpaired) electrons. The van der Waals surface area contributed by atoms with Gasteiger partial charge in [0.1, 0.15) is 0 Å². The number of pyridine rings is 2. The van der Waals surface area contributed by atoms with Gasteiger partial charge in [0.05, 0.1) is 51.3 Å². The van der Waals surface area contributed by atoms with E-state index in [0.717, 1.165) is 101 Å². The molecule has 6 heteroatoms. The standard InChI is InChI=1S/C57H34N6/c58-35-37-21-24-45-46-25-22-38(36-59)30-51(46)57(50(45)29-37)49-18-8-7-17-47(49)56-55(57)48-26-23-43(62(41-13-3-1-4-14-41)42-15-5-2-6-16-42)34-54(48)63(56)44-32-39(52-19-9-11-27-60-52)31-40(33-44)53-20-10-12-28-61-53/h1-34H. The molecule has 3 heterocycles. The molecule has 0 saturated carbocycles. The van der Waals surface area contributed by atoms with Crippen LogP contribution < -0.4 is 4.90 Å². The van der Waals surface area contributed by atoms with E-state index < -0.39 is 5.41 Å². The Morgan fingerprint density at radius 1 is 0.460 bits per heavy atom. The molecule has 0 N–H and O–H groups in total. The fourth-order valence-corrected chi connectivity index (χ4v) is 10.2. The number of benzene rings is 7. The molecule has 2 aliphatic carbocycles. The summed E-state index contributed by atoms with van der Waals surface area (Å²) in [5, 5.41) is 21.9. The molecule has 0 fully saturated rings. The van der Waals surface area contributed by atoms with Crippen molar-refractivity contribution in [2.45, 2.75) is 5.41 Å². The Morgan fingerprint density at radius 3 is 1.57 bits per heavy atom. The van der Waals surface area contributed by atoms with Gasteiger partial charge >= 0.3 is 0 Å². The third-order valence-corrected chi connectivity index (χ3v) is 12.7. The maximum Gasteiger partial charge on any atom is 0.0991 e. The van der Waals surface area contributed by atoms with E-state index in [4.69, 9.17) is 9.97 Å². The lowest BCUT2D eigenvalue weighted by Crippen LogP contribution is -2.26. The first-order valence-electron chi connectivity index (χ1n) is 20.9. The van der Waals surface area contributed by atoms with Crippen molar-refractivity contribution < 1.29 is 0 Å². The van der Waals surface area contributed by atoms with Crippen molar-refractivity contribution in [1.29, 1.82) is 10.5 Å². The minimum Gasteiger partial charge on any atom is -0.310 e. The summed E-state index contributed by atoms with van der Waals surface area (Å²) >= 11 is 0. The first-order valence-corrected chi connectivity index (χ1v) is 20.9. The maximum atomic E-state index is 10.4. The number of nitriles is 2. The molecule has 1 spiro atoms. The van der Waals surface area contributed by atoms with Gasteiger partial charge in [-0.25, -0.2) is 0 Å². The molecule has 12 rings (SSSR count). The van der Waals surface area contributed by atoms with Crippen molar-refractivity contribution >= 4 is 28.0 Å². The Labute approximate surface area is 364 Å². The summed E-state index contributed by atoms with van der Waals surface area (Å²) < 4.78 is 2.43. The third-order valence-electron chi connectivity index (χ3n) is 12.7. The topological polar surface area (TPSA) is 81.5 Å². The zero-order chi connectivity index (χ0) is 42.1.